The van der Waals surface area contributed by atoms with Gasteiger partial charge >= 0.3 is 5.97 Å². The van der Waals surface area contributed by atoms with Crippen molar-refractivity contribution in [1.82, 2.24) is 14.9 Å². The fraction of sp³-hybridized carbons (Fsp3) is 0.400. The number of carboxylic acid groups (broad SMARTS) is 1. The van der Waals surface area contributed by atoms with E-state index in [9.17, 15) is 22.4 Å². The molecule has 39 heavy (non-hydrogen) atoms. The SMILES string of the molecule is CCCN(c1ccc(F)c(C(=O)c2c[nH]c3ncc(N4CCN(CCOCC(=O)O)CC4)cc23)c1F)[SH](=O)=O. The maximum Gasteiger partial charge on any atom is 0.329 e. The number of nitrogens with zero attached hydrogens (tertiary/aromatic N) is 4. The van der Waals surface area contributed by atoms with Crippen LogP contribution >= 0.6 is 0 Å². The summed E-state index contributed by atoms with van der Waals surface area (Å²) < 4.78 is 59.4. The van der Waals surface area contributed by atoms with E-state index in [0.717, 1.165) is 22.1 Å². The summed E-state index contributed by atoms with van der Waals surface area (Å²) in [4.78, 5) is 35.4. The highest BCUT2D eigenvalue weighted by molar-refractivity contribution is 7.74. The Bertz CT molecular complexity index is 1430. The van der Waals surface area contributed by atoms with E-state index in [4.69, 9.17) is 9.84 Å². The number of carbonyl (C=O) groups excluding carboxylic acids is 1. The molecular weight excluding hydrogens is 536 g/mol. The van der Waals surface area contributed by atoms with Gasteiger partial charge in [-0.3, -0.25) is 14.0 Å². The summed E-state index contributed by atoms with van der Waals surface area (Å²) in [5.41, 5.74) is -0.121. The number of nitrogens with one attached hydrogen (secondary N) is 1. The van der Waals surface area contributed by atoms with Gasteiger partial charge in [-0.1, -0.05) is 6.92 Å². The van der Waals surface area contributed by atoms with Crippen molar-refractivity contribution in [3.8, 4) is 0 Å². The maximum atomic E-state index is 15.4. The number of hydrogen-bond donors (Lipinski definition) is 3. The predicted molar refractivity (Wildman–Crippen MR) is 141 cm³/mol. The summed E-state index contributed by atoms with van der Waals surface area (Å²) in [6.07, 6.45) is 3.38. The molecule has 1 aliphatic rings. The van der Waals surface area contributed by atoms with Gasteiger partial charge in [0, 0.05) is 56.4 Å². The zero-order valence-corrected chi connectivity index (χ0v) is 22.1. The first-order valence-corrected chi connectivity index (χ1v) is 13.5. The predicted octanol–water partition coefficient (Wildman–Crippen LogP) is 2.04. The average Bonchev–Trinajstić information content (AvgIpc) is 3.34. The van der Waals surface area contributed by atoms with Gasteiger partial charge in [0.15, 0.2) is 5.82 Å². The lowest BCUT2D eigenvalue weighted by Gasteiger charge is -2.35. The standard InChI is InChI=1S/C25H29F2N5O6S/c1-2-5-32(39(36)37)20-4-3-19(26)22(23(20)27)24(35)18-14-29-25-17(18)12-16(13-28-25)31-8-6-30(7-9-31)10-11-38-15-21(33)34/h3-4,12-14,39H,2,5-11,15H2,1H3,(H,28,29)(H,33,34). The van der Waals surface area contributed by atoms with Gasteiger partial charge in [0.25, 0.3) is 0 Å². The van der Waals surface area contributed by atoms with E-state index < -0.39 is 39.8 Å². The molecule has 0 bridgehead atoms. The van der Waals surface area contributed by atoms with Gasteiger partial charge in [-0.05, 0) is 24.6 Å². The normalized spacial score (nSPS) is 14.3. The molecule has 0 spiro atoms. The third-order valence-corrected chi connectivity index (χ3v) is 7.29. The first-order chi connectivity index (χ1) is 18.7. The van der Waals surface area contributed by atoms with Gasteiger partial charge in [-0.25, -0.2) is 27.0 Å². The van der Waals surface area contributed by atoms with Crippen molar-refractivity contribution in [3.05, 3.63) is 53.4 Å². The molecule has 3 aromatic rings. The summed E-state index contributed by atoms with van der Waals surface area (Å²) in [6, 6.07) is 3.63. The number of hydrogen-bond acceptors (Lipinski definition) is 8. The van der Waals surface area contributed by atoms with Gasteiger partial charge in [0.2, 0.25) is 16.7 Å². The third kappa shape index (κ3) is 6.34. The minimum absolute atomic E-state index is 0.0112. The van der Waals surface area contributed by atoms with E-state index in [0.29, 0.717) is 56.8 Å². The maximum absolute atomic E-state index is 15.4. The number of thiol groups is 1. The summed E-state index contributed by atoms with van der Waals surface area (Å²) in [7, 11) is -3.20. The number of halogens is 2. The molecule has 210 valence electrons. The molecule has 1 fully saturated rings. The van der Waals surface area contributed by atoms with Gasteiger partial charge in [0.1, 0.15) is 18.1 Å². The molecule has 0 aliphatic carbocycles. The van der Waals surface area contributed by atoms with Crippen molar-refractivity contribution >= 4 is 45.1 Å². The smallest absolute Gasteiger partial charge is 0.329 e. The van der Waals surface area contributed by atoms with Gasteiger partial charge in [0.05, 0.1) is 29.7 Å². The Morgan fingerprint density at radius 3 is 2.62 bits per heavy atom. The number of aromatic nitrogens is 2. The highest BCUT2D eigenvalue weighted by Gasteiger charge is 2.27. The van der Waals surface area contributed by atoms with Crippen LogP contribution in [0.5, 0.6) is 0 Å². The van der Waals surface area contributed by atoms with E-state index in [1.54, 1.807) is 19.2 Å². The minimum atomic E-state index is -3.20. The topological polar surface area (TPSA) is 136 Å². The number of carbonyl (C=O) groups is 2. The monoisotopic (exact) mass is 565 g/mol. The van der Waals surface area contributed by atoms with Crippen LogP contribution in [0.2, 0.25) is 0 Å². The number of pyridine rings is 1. The van der Waals surface area contributed by atoms with Crippen molar-refractivity contribution in [2.75, 3.05) is 61.7 Å². The Morgan fingerprint density at radius 2 is 1.95 bits per heavy atom. The Labute approximate surface area is 225 Å². The zero-order chi connectivity index (χ0) is 28.1. The van der Waals surface area contributed by atoms with Crippen LogP contribution in [0.4, 0.5) is 20.2 Å². The molecule has 2 N–H and O–H groups in total. The quantitative estimate of drug-likeness (QED) is 0.171. The molecule has 1 saturated heterocycles. The first kappa shape index (κ1) is 28.4. The summed E-state index contributed by atoms with van der Waals surface area (Å²) in [5, 5.41) is 9.04. The van der Waals surface area contributed by atoms with Crippen LogP contribution in [0, 0.1) is 11.6 Å². The number of aliphatic carboxylic acids is 1. The lowest BCUT2D eigenvalue weighted by atomic mass is 10.0. The van der Waals surface area contributed by atoms with Crippen LogP contribution in [0.15, 0.2) is 30.6 Å². The molecule has 14 heteroatoms. The van der Waals surface area contributed by atoms with E-state index in [1.807, 2.05) is 0 Å². The van der Waals surface area contributed by atoms with Crippen molar-refractivity contribution < 1.29 is 36.6 Å². The molecule has 11 nitrogen and oxygen atoms in total. The molecule has 3 heterocycles. The number of ether oxygens (including phenoxy) is 1. The lowest BCUT2D eigenvalue weighted by molar-refractivity contribution is -0.142. The van der Waals surface area contributed by atoms with Crippen molar-refractivity contribution in [3.63, 3.8) is 0 Å². The van der Waals surface area contributed by atoms with Gasteiger partial charge < -0.3 is 19.7 Å². The van der Waals surface area contributed by atoms with Crippen molar-refractivity contribution in [2.24, 2.45) is 0 Å². The number of anilines is 2. The Balaban J connectivity index is 1.55. The molecule has 0 radical (unpaired) electrons. The van der Waals surface area contributed by atoms with Crippen LogP contribution in [0.1, 0.15) is 29.3 Å². The number of fused-ring (bicyclic) bond motifs is 1. The second kappa shape index (κ2) is 12.5. The molecule has 0 unspecified atom stereocenters. The van der Waals surface area contributed by atoms with Gasteiger partial charge in [-0.15, -0.1) is 0 Å². The average molecular weight is 566 g/mol. The second-order valence-corrected chi connectivity index (χ2v) is 9.97. The largest absolute Gasteiger partial charge is 0.480 e. The van der Waals surface area contributed by atoms with Crippen LogP contribution in [0.25, 0.3) is 11.0 Å². The van der Waals surface area contributed by atoms with Crippen LogP contribution in [-0.4, -0.2) is 92.6 Å². The van der Waals surface area contributed by atoms with E-state index in [2.05, 4.69) is 19.8 Å². The number of aromatic amines is 1. The summed E-state index contributed by atoms with van der Waals surface area (Å²) >= 11 is 0. The Hall–Kier alpha value is -3.62. The van der Waals surface area contributed by atoms with Crippen molar-refractivity contribution in [2.45, 2.75) is 13.3 Å². The number of benzene rings is 1. The van der Waals surface area contributed by atoms with E-state index >= 15 is 4.39 Å². The Morgan fingerprint density at radius 1 is 1.21 bits per heavy atom. The minimum Gasteiger partial charge on any atom is -0.480 e. The van der Waals surface area contributed by atoms with E-state index in [1.165, 1.54) is 6.20 Å². The fourth-order valence-corrected chi connectivity index (χ4v) is 5.22. The molecule has 0 saturated carbocycles. The molecular formula is C25H29F2N5O6S. The first-order valence-electron chi connectivity index (χ1n) is 12.4. The second-order valence-electron chi connectivity index (χ2n) is 9.01. The van der Waals surface area contributed by atoms with Gasteiger partial charge in [-0.2, -0.15) is 0 Å². The molecule has 0 amide bonds. The molecule has 4 rings (SSSR count). The van der Waals surface area contributed by atoms with Crippen molar-refractivity contribution in [1.29, 1.82) is 0 Å². The van der Waals surface area contributed by atoms with Crippen LogP contribution in [0.3, 0.4) is 0 Å². The van der Waals surface area contributed by atoms with Crippen LogP contribution in [-0.2, 0) is 20.4 Å². The lowest BCUT2D eigenvalue weighted by Crippen LogP contribution is -2.47. The van der Waals surface area contributed by atoms with Crippen LogP contribution < -0.4 is 9.21 Å². The number of ketones is 1. The summed E-state index contributed by atoms with van der Waals surface area (Å²) in [5.74, 6) is -4.28. The number of carboxylic acids is 1. The highest BCUT2D eigenvalue weighted by atomic mass is 32.2. The Kier molecular flexibility index (Phi) is 9.09. The van der Waals surface area contributed by atoms with E-state index in [-0.39, 0.29) is 24.4 Å². The molecule has 0 atom stereocenters. The fourth-order valence-electron chi connectivity index (χ4n) is 4.52. The molecule has 1 aliphatic heterocycles. The zero-order valence-electron chi connectivity index (χ0n) is 21.2. The molecule has 1 aromatic carbocycles. The number of piperazine rings is 1. The molecule has 2 aromatic heterocycles. The highest BCUT2D eigenvalue weighted by Crippen LogP contribution is 2.30. The summed E-state index contributed by atoms with van der Waals surface area (Å²) in [6.45, 7) is 4.96. The number of H-pyrrole nitrogens is 1. The number of rotatable bonds is 12. The third-order valence-electron chi connectivity index (χ3n) is 6.48.